The third kappa shape index (κ3) is 4.07. The van der Waals surface area contributed by atoms with Crippen LogP contribution in [0.2, 0.25) is 5.02 Å². The van der Waals surface area contributed by atoms with Crippen molar-refractivity contribution in [3.05, 3.63) is 17.3 Å². The van der Waals surface area contributed by atoms with Crippen LogP contribution >= 0.6 is 11.6 Å². The molecule has 0 atom stereocenters. The minimum Gasteiger partial charge on any atom is -0.382 e. The van der Waals surface area contributed by atoms with E-state index in [0.29, 0.717) is 0 Å². The van der Waals surface area contributed by atoms with Crippen LogP contribution in [0.15, 0.2) is 17.2 Å². The zero-order valence-electron chi connectivity index (χ0n) is 11.3. The van der Waals surface area contributed by atoms with Crippen molar-refractivity contribution in [2.24, 2.45) is 0 Å². The summed E-state index contributed by atoms with van der Waals surface area (Å²) < 4.78 is 27.4. The van der Waals surface area contributed by atoms with Crippen LogP contribution in [-0.4, -0.2) is 19.4 Å². The molecule has 0 aromatic carbocycles. The van der Waals surface area contributed by atoms with E-state index in [4.69, 9.17) is 17.3 Å². The highest BCUT2D eigenvalue weighted by Crippen LogP contribution is 2.22. The standard InChI is InChI=1S/C13H20ClN3O2S/c14-12-8-11(9-16-13(12)15)20(18,19)17-10-6-4-2-1-3-5-7-10/h8-10,17H,1-7H2,(H2,15,16). The van der Waals surface area contributed by atoms with Crippen LogP contribution in [0.3, 0.4) is 0 Å². The minimum absolute atomic E-state index is 0.00312. The van der Waals surface area contributed by atoms with Gasteiger partial charge in [-0.25, -0.2) is 18.1 Å². The second kappa shape index (κ2) is 6.74. The number of pyridine rings is 1. The Morgan fingerprint density at radius 2 is 1.80 bits per heavy atom. The molecule has 1 aromatic heterocycles. The maximum atomic E-state index is 12.3. The van der Waals surface area contributed by atoms with E-state index in [1.807, 2.05) is 0 Å². The highest BCUT2D eigenvalue weighted by atomic mass is 35.5. The van der Waals surface area contributed by atoms with Gasteiger partial charge in [0.2, 0.25) is 10.0 Å². The maximum absolute atomic E-state index is 12.3. The van der Waals surface area contributed by atoms with Crippen molar-refractivity contribution >= 4 is 27.4 Å². The summed E-state index contributed by atoms with van der Waals surface area (Å²) in [5, 5.41) is 0.158. The van der Waals surface area contributed by atoms with Crippen molar-refractivity contribution in [1.29, 1.82) is 0 Å². The smallest absolute Gasteiger partial charge is 0.242 e. The summed E-state index contributed by atoms with van der Waals surface area (Å²) in [5.41, 5.74) is 5.50. The number of hydrogen-bond donors (Lipinski definition) is 2. The fourth-order valence-corrected chi connectivity index (χ4v) is 3.95. The number of rotatable bonds is 3. The molecule has 3 N–H and O–H groups in total. The molecule has 0 saturated heterocycles. The Labute approximate surface area is 125 Å². The number of halogens is 1. The number of nitrogens with two attached hydrogens (primary N) is 1. The summed E-state index contributed by atoms with van der Waals surface area (Å²) >= 11 is 5.83. The molecule has 1 heterocycles. The van der Waals surface area contributed by atoms with Gasteiger partial charge in [-0.05, 0) is 18.9 Å². The van der Waals surface area contributed by atoms with Crippen LogP contribution in [0, 0.1) is 0 Å². The molecule has 0 radical (unpaired) electrons. The fourth-order valence-electron chi connectivity index (χ4n) is 2.44. The summed E-state index contributed by atoms with van der Waals surface area (Å²) in [6.07, 6.45) is 8.73. The lowest BCUT2D eigenvalue weighted by Gasteiger charge is -2.20. The van der Waals surface area contributed by atoms with E-state index in [0.717, 1.165) is 25.7 Å². The molecule has 1 aliphatic rings. The van der Waals surface area contributed by atoms with E-state index < -0.39 is 10.0 Å². The fraction of sp³-hybridized carbons (Fsp3) is 0.615. The van der Waals surface area contributed by atoms with Gasteiger partial charge in [0, 0.05) is 12.2 Å². The molecular formula is C13H20ClN3O2S. The molecule has 0 aliphatic heterocycles. The zero-order valence-corrected chi connectivity index (χ0v) is 12.9. The van der Waals surface area contributed by atoms with Gasteiger partial charge in [0.1, 0.15) is 10.7 Å². The predicted molar refractivity (Wildman–Crippen MR) is 80.1 cm³/mol. The molecule has 0 unspecified atom stereocenters. The van der Waals surface area contributed by atoms with Crippen LogP contribution < -0.4 is 10.5 Å². The number of nitrogens with one attached hydrogen (secondary N) is 1. The third-order valence-electron chi connectivity index (χ3n) is 3.58. The number of nitrogen functional groups attached to an aromatic ring is 1. The highest BCUT2D eigenvalue weighted by Gasteiger charge is 2.21. The lowest BCUT2D eigenvalue weighted by Crippen LogP contribution is -2.35. The Morgan fingerprint density at radius 1 is 1.20 bits per heavy atom. The average molecular weight is 318 g/mol. The lowest BCUT2D eigenvalue weighted by atomic mass is 9.97. The van der Waals surface area contributed by atoms with Gasteiger partial charge in [0.15, 0.2) is 0 Å². The molecule has 0 bridgehead atoms. The predicted octanol–water partition coefficient (Wildman–Crippen LogP) is 2.71. The lowest BCUT2D eigenvalue weighted by molar-refractivity contribution is 0.426. The topological polar surface area (TPSA) is 85.1 Å². The first kappa shape index (κ1) is 15.5. The molecule has 112 valence electrons. The van der Waals surface area contributed by atoms with Gasteiger partial charge in [0.05, 0.1) is 5.02 Å². The molecule has 7 heteroatoms. The van der Waals surface area contributed by atoms with Crippen LogP contribution in [0.25, 0.3) is 0 Å². The summed E-state index contributed by atoms with van der Waals surface area (Å²) in [7, 11) is -3.58. The highest BCUT2D eigenvalue weighted by molar-refractivity contribution is 7.89. The van der Waals surface area contributed by atoms with Crippen LogP contribution in [-0.2, 0) is 10.0 Å². The number of anilines is 1. The molecule has 5 nitrogen and oxygen atoms in total. The summed E-state index contributed by atoms with van der Waals surface area (Å²) in [6.45, 7) is 0. The molecular weight excluding hydrogens is 298 g/mol. The molecule has 1 fully saturated rings. The summed E-state index contributed by atoms with van der Waals surface area (Å²) in [5.74, 6) is 0.136. The van der Waals surface area contributed by atoms with Gasteiger partial charge in [-0.1, -0.05) is 43.7 Å². The van der Waals surface area contributed by atoms with Crippen LogP contribution in [0.4, 0.5) is 5.82 Å². The molecule has 0 spiro atoms. The third-order valence-corrected chi connectivity index (χ3v) is 5.37. The van der Waals surface area contributed by atoms with Gasteiger partial charge in [-0.3, -0.25) is 0 Å². The Balaban J connectivity index is 2.10. The number of aromatic nitrogens is 1. The Morgan fingerprint density at radius 3 is 2.40 bits per heavy atom. The van der Waals surface area contributed by atoms with E-state index in [2.05, 4.69) is 9.71 Å². The van der Waals surface area contributed by atoms with Crippen molar-refractivity contribution < 1.29 is 8.42 Å². The summed E-state index contributed by atoms with van der Waals surface area (Å²) in [6, 6.07) is 1.34. The van der Waals surface area contributed by atoms with Crippen LogP contribution in [0.1, 0.15) is 44.9 Å². The van der Waals surface area contributed by atoms with Gasteiger partial charge in [-0.2, -0.15) is 0 Å². The second-order valence-corrected chi connectivity index (χ2v) is 7.32. The molecule has 20 heavy (non-hydrogen) atoms. The first-order valence-corrected chi connectivity index (χ1v) is 8.78. The number of sulfonamides is 1. The SMILES string of the molecule is Nc1ncc(S(=O)(=O)NC2CCCCCCC2)cc1Cl. The van der Waals surface area contributed by atoms with Crippen molar-refractivity contribution in [3.63, 3.8) is 0 Å². The maximum Gasteiger partial charge on any atom is 0.242 e. The Kier molecular flexibility index (Phi) is 5.23. The van der Waals surface area contributed by atoms with Gasteiger partial charge < -0.3 is 5.73 Å². The molecule has 0 amide bonds. The molecule has 1 aliphatic carbocycles. The van der Waals surface area contributed by atoms with E-state index >= 15 is 0 Å². The van der Waals surface area contributed by atoms with E-state index in [1.165, 1.54) is 31.5 Å². The minimum atomic E-state index is -3.58. The van der Waals surface area contributed by atoms with Gasteiger partial charge in [0.25, 0.3) is 0 Å². The monoisotopic (exact) mass is 317 g/mol. The van der Waals surface area contributed by atoms with E-state index in [9.17, 15) is 8.42 Å². The zero-order chi connectivity index (χ0) is 14.6. The van der Waals surface area contributed by atoms with Crippen LogP contribution in [0.5, 0.6) is 0 Å². The van der Waals surface area contributed by atoms with Gasteiger partial charge in [-0.15, -0.1) is 0 Å². The average Bonchev–Trinajstić information content (AvgIpc) is 2.35. The van der Waals surface area contributed by atoms with Crippen molar-refractivity contribution in [2.45, 2.75) is 55.9 Å². The summed E-state index contributed by atoms with van der Waals surface area (Å²) in [4.78, 5) is 3.87. The number of hydrogen-bond acceptors (Lipinski definition) is 4. The van der Waals surface area contributed by atoms with Crippen molar-refractivity contribution in [1.82, 2.24) is 9.71 Å². The normalized spacial score (nSPS) is 18.4. The van der Waals surface area contributed by atoms with Gasteiger partial charge >= 0.3 is 0 Å². The van der Waals surface area contributed by atoms with E-state index in [1.54, 1.807) is 0 Å². The molecule has 1 saturated carbocycles. The largest absolute Gasteiger partial charge is 0.382 e. The Bertz CT molecular complexity index is 555. The molecule has 1 aromatic rings. The first-order chi connectivity index (χ1) is 9.49. The molecule has 2 rings (SSSR count). The van der Waals surface area contributed by atoms with Crippen molar-refractivity contribution in [3.8, 4) is 0 Å². The Hall–Kier alpha value is -0.850. The van der Waals surface area contributed by atoms with Crippen molar-refractivity contribution in [2.75, 3.05) is 5.73 Å². The van der Waals surface area contributed by atoms with E-state index in [-0.39, 0.29) is 21.8 Å². The quantitative estimate of drug-likeness (QED) is 0.897. The first-order valence-electron chi connectivity index (χ1n) is 6.92. The number of nitrogens with zero attached hydrogens (tertiary/aromatic N) is 1. The second-order valence-electron chi connectivity index (χ2n) is 5.20.